The van der Waals surface area contributed by atoms with Crippen molar-refractivity contribution in [3.05, 3.63) is 76.6 Å². The fourth-order valence-corrected chi connectivity index (χ4v) is 5.10. The van der Waals surface area contributed by atoms with Crippen molar-refractivity contribution in [2.75, 3.05) is 25.2 Å². The number of hydrogen-bond donors (Lipinski definition) is 1. The number of fused-ring (bicyclic) bond motifs is 1. The standard InChI is InChI=1S/C29H33ClN4O4S/c1-19-8-6-7-9-21(19)18-38-23-11-10-20(14-24(23)36-5)17-34(12-13-37-28(35)33-29(2,3)4)27-32-26-22(30)15-31-16-25(26)39-27/h6-11,14-16H,12-13,17-18H2,1-5H3,(H,33,35). The zero-order valence-electron chi connectivity index (χ0n) is 22.8. The first-order valence-electron chi connectivity index (χ1n) is 12.6. The number of carbonyl (C=O) groups is 1. The molecule has 0 saturated heterocycles. The number of nitrogens with zero attached hydrogens (tertiary/aromatic N) is 3. The molecule has 1 N–H and O–H groups in total. The van der Waals surface area contributed by atoms with Gasteiger partial charge < -0.3 is 24.4 Å². The molecule has 0 aliphatic heterocycles. The number of aryl methyl sites for hydroxylation is 1. The maximum atomic E-state index is 12.2. The molecule has 4 aromatic rings. The molecular weight excluding hydrogens is 536 g/mol. The molecule has 0 bridgehead atoms. The third-order valence-electron chi connectivity index (χ3n) is 5.84. The van der Waals surface area contributed by atoms with Crippen molar-refractivity contribution in [3.8, 4) is 11.5 Å². The Labute approximate surface area is 237 Å². The first-order chi connectivity index (χ1) is 18.6. The van der Waals surface area contributed by atoms with E-state index in [1.54, 1.807) is 19.5 Å². The van der Waals surface area contributed by atoms with E-state index in [0.29, 0.717) is 41.7 Å². The van der Waals surface area contributed by atoms with Gasteiger partial charge in [0.2, 0.25) is 0 Å². The summed E-state index contributed by atoms with van der Waals surface area (Å²) in [5.74, 6) is 1.30. The lowest BCUT2D eigenvalue weighted by Crippen LogP contribution is -2.41. The number of pyridine rings is 1. The smallest absolute Gasteiger partial charge is 0.407 e. The van der Waals surface area contributed by atoms with E-state index in [1.165, 1.54) is 16.9 Å². The van der Waals surface area contributed by atoms with Gasteiger partial charge in [0.15, 0.2) is 16.6 Å². The Kier molecular flexibility index (Phi) is 9.14. The highest BCUT2D eigenvalue weighted by molar-refractivity contribution is 7.22. The molecule has 0 aliphatic rings. The zero-order chi connectivity index (χ0) is 28.0. The number of halogens is 1. The number of alkyl carbamates (subject to hydrolysis) is 1. The van der Waals surface area contributed by atoms with Crippen molar-refractivity contribution in [1.29, 1.82) is 0 Å². The fraction of sp³-hybridized carbons (Fsp3) is 0.345. The van der Waals surface area contributed by atoms with E-state index < -0.39 is 6.09 Å². The second kappa shape index (κ2) is 12.5. The summed E-state index contributed by atoms with van der Waals surface area (Å²) in [6, 6.07) is 14.0. The average Bonchev–Trinajstić information content (AvgIpc) is 3.33. The molecule has 2 aromatic heterocycles. The van der Waals surface area contributed by atoms with Crippen LogP contribution >= 0.6 is 22.9 Å². The number of anilines is 1. The number of methoxy groups -OCH3 is 1. The van der Waals surface area contributed by atoms with Crippen LogP contribution in [0.3, 0.4) is 0 Å². The van der Waals surface area contributed by atoms with Crippen LogP contribution in [0.15, 0.2) is 54.9 Å². The summed E-state index contributed by atoms with van der Waals surface area (Å²) in [6.07, 6.45) is 2.87. The van der Waals surface area contributed by atoms with E-state index >= 15 is 0 Å². The lowest BCUT2D eigenvalue weighted by molar-refractivity contribution is 0.140. The molecule has 4 rings (SSSR count). The Hall–Kier alpha value is -3.56. The van der Waals surface area contributed by atoms with Gasteiger partial charge in [-0.2, -0.15) is 0 Å². The summed E-state index contributed by atoms with van der Waals surface area (Å²) in [5, 5.41) is 4.05. The molecule has 0 radical (unpaired) electrons. The van der Waals surface area contributed by atoms with Gasteiger partial charge in [0.25, 0.3) is 0 Å². The number of benzene rings is 2. The predicted octanol–water partition coefficient (Wildman–Crippen LogP) is 6.77. The maximum Gasteiger partial charge on any atom is 0.407 e. The van der Waals surface area contributed by atoms with Crippen LogP contribution in [0.25, 0.3) is 10.2 Å². The lowest BCUT2D eigenvalue weighted by Gasteiger charge is -2.24. The first kappa shape index (κ1) is 28.4. The van der Waals surface area contributed by atoms with Crippen LogP contribution in [-0.4, -0.2) is 41.9 Å². The van der Waals surface area contributed by atoms with E-state index in [2.05, 4.69) is 29.4 Å². The van der Waals surface area contributed by atoms with E-state index in [9.17, 15) is 4.79 Å². The minimum Gasteiger partial charge on any atom is -0.493 e. The normalized spacial score (nSPS) is 11.3. The quantitative estimate of drug-likeness (QED) is 0.226. The number of ether oxygens (including phenoxy) is 3. The largest absolute Gasteiger partial charge is 0.493 e. The monoisotopic (exact) mass is 568 g/mol. The highest BCUT2D eigenvalue weighted by atomic mass is 35.5. The molecule has 1 amide bonds. The zero-order valence-corrected chi connectivity index (χ0v) is 24.4. The van der Waals surface area contributed by atoms with Gasteiger partial charge in [-0.05, 0) is 56.5 Å². The molecule has 2 aromatic carbocycles. The molecule has 206 valence electrons. The Morgan fingerprint density at radius 1 is 1.13 bits per heavy atom. The molecule has 0 spiro atoms. The average molecular weight is 569 g/mol. The van der Waals surface area contributed by atoms with Gasteiger partial charge in [-0.3, -0.25) is 4.98 Å². The molecule has 0 aliphatic carbocycles. The summed E-state index contributed by atoms with van der Waals surface area (Å²) >= 11 is 7.82. The number of thiazole rings is 1. The van der Waals surface area contributed by atoms with Crippen LogP contribution < -0.4 is 19.7 Å². The summed E-state index contributed by atoms with van der Waals surface area (Å²) in [7, 11) is 1.63. The van der Waals surface area contributed by atoms with Gasteiger partial charge >= 0.3 is 6.09 Å². The van der Waals surface area contributed by atoms with Gasteiger partial charge in [-0.25, -0.2) is 9.78 Å². The van der Waals surface area contributed by atoms with Crippen LogP contribution in [0, 0.1) is 6.92 Å². The van der Waals surface area contributed by atoms with Crippen molar-refractivity contribution in [2.45, 2.75) is 46.4 Å². The number of amides is 1. The second-order valence-electron chi connectivity index (χ2n) is 10.1. The lowest BCUT2D eigenvalue weighted by atomic mass is 10.1. The van der Waals surface area contributed by atoms with Crippen LogP contribution in [0.2, 0.25) is 5.02 Å². The van der Waals surface area contributed by atoms with E-state index in [4.69, 9.17) is 30.8 Å². The minimum absolute atomic E-state index is 0.179. The summed E-state index contributed by atoms with van der Waals surface area (Å²) in [4.78, 5) is 23.2. The number of rotatable bonds is 10. The molecule has 0 atom stereocenters. The number of carbonyl (C=O) groups excluding carboxylic acids is 1. The molecule has 2 heterocycles. The summed E-state index contributed by atoms with van der Waals surface area (Å²) in [5.41, 5.74) is 3.59. The Bertz CT molecular complexity index is 1440. The Morgan fingerprint density at radius 3 is 2.64 bits per heavy atom. The van der Waals surface area contributed by atoms with Crippen LogP contribution in [-0.2, 0) is 17.9 Å². The molecule has 0 unspecified atom stereocenters. The summed E-state index contributed by atoms with van der Waals surface area (Å²) < 4.78 is 18.1. The first-order valence-corrected chi connectivity index (χ1v) is 13.8. The predicted molar refractivity (Wildman–Crippen MR) is 156 cm³/mol. The van der Waals surface area contributed by atoms with Crippen molar-refractivity contribution >= 4 is 44.4 Å². The molecular formula is C29H33ClN4O4S. The van der Waals surface area contributed by atoms with Crippen LogP contribution in [0.4, 0.5) is 9.93 Å². The second-order valence-corrected chi connectivity index (χ2v) is 11.5. The molecule has 39 heavy (non-hydrogen) atoms. The van der Waals surface area contributed by atoms with Gasteiger partial charge in [0.05, 0.1) is 23.4 Å². The van der Waals surface area contributed by atoms with Crippen molar-refractivity contribution < 1.29 is 19.0 Å². The number of hydrogen-bond acceptors (Lipinski definition) is 8. The van der Waals surface area contributed by atoms with Crippen molar-refractivity contribution in [3.63, 3.8) is 0 Å². The highest BCUT2D eigenvalue weighted by Gasteiger charge is 2.18. The van der Waals surface area contributed by atoms with Crippen molar-refractivity contribution in [1.82, 2.24) is 15.3 Å². The van der Waals surface area contributed by atoms with Gasteiger partial charge in [-0.1, -0.05) is 53.3 Å². The number of aromatic nitrogens is 2. The molecule has 0 saturated carbocycles. The molecule has 10 heteroatoms. The van der Waals surface area contributed by atoms with E-state index in [-0.39, 0.29) is 12.1 Å². The minimum atomic E-state index is -0.462. The van der Waals surface area contributed by atoms with E-state index in [0.717, 1.165) is 21.0 Å². The highest BCUT2D eigenvalue weighted by Crippen LogP contribution is 2.34. The Morgan fingerprint density at radius 2 is 1.92 bits per heavy atom. The van der Waals surface area contributed by atoms with Crippen LogP contribution in [0.5, 0.6) is 11.5 Å². The maximum absolute atomic E-state index is 12.2. The SMILES string of the molecule is COc1cc(CN(CCOC(=O)NC(C)(C)C)c2nc3c(Cl)cncc3s2)ccc1OCc1ccccc1C. The number of nitrogens with one attached hydrogen (secondary N) is 1. The third-order valence-corrected chi connectivity index (χ3v) is 7.16. The third kappa shape index (κ3) is 7.74. The molecule has 0 fully saturated rings. The summed E-state index contributed by atoms with van der Waals surface area (Å²) in [6.45, 7) is 9.33. The van der Waals surface area contributed by atoms with Crippen LogP contribution in [0.1, 0.15) is 37.5 Å². The fourth-order valence-electron chi connectivity index (χ4n) is 3.86. The topological polar surface area (TPSA) is 85.8 Å². The van der Waals surface area contributed by atoms with Gasteiger partial charge in [0, 0.05) is 24.5 Å². The molecule has 8 nitrogen and oxygen atoms in total. The van der Waals surface area contributed by atoms with Gasteiger partial charge in [-0.15, -0.1) is 0 Å². The van der Waals surface area contributed by atoms with Gasteiger partial charge in [0.1, 0.15) is 18.7 Å². The van der Waals surface area contributed by atoms with Crippen molar-refractivity contribution in [2.24, 2.45) is 0 Å². The van der Waals surface area contributed by atoms with E-state index in [1.807, 2.05) is 56.0 Å². The Balaban J connectivity index is 1.52.